The Bertz CT molecular complexity index is 1490. The lowest BCUT2D eigenvalue weighted by Gasteiger charge is -2.49. The highest BCUT2D eigenvalue weighted by molar-refractivity contribution is 7.90. The molecule has 11 nitrogen and oxygen atoms in total. The van der Waals surface area contributed by atoms with Gasteiger partial charge in [-0.2, -0.15) is 0 Å². The fourth-order valence-corrected chi connectivity index (χ4v) is 5.68. The van der Waals surface area contributed by atoms with Gasteiger partial charge in [0.05, 0.1) is 10.6 Å². The van der Waals surface area contributed by atoms with Crippen LogP contribution in [0, 0.1) is 11.7 Å². The van der Waals surface area contributed by atoms with Gasteiger partial charge in [-0.3, -0.25) is 0 Å². The third-order valence-electron chi connectivity index (χ3n) is 6.83. The van der Waals surface area contributed by atoms with Gasteiger partial charge in [0, 0.05) is 24.9 Å². The number of fused-ring (bicyclic) bond motifs is 4. The average molecular weight is 544 g/mol. The number of amides is 1. The van der Waals surface area contributed by atoms with E-state index in [4.69, 9.17) is 4.74 Å². The minimum absolute atomic E-state index is 0.0531. The number of halogens is 1. The molecule has 4 heterocycles. The van der Waals surface area contributed by atoms with E-state index in [1.54, 1.807) is 0 Å². The summed E-state index contributed by atoms with van der Waals surface area (Å²) in [4.78, 5) is 31.7. The number of carbonyl (C=O) groups is 1. The van der Waals surface area contributed by atoms with Crippen molar-refractivity contribution >= 4 is 44.3 Å². The van der Waals surface area contributed by atoms with E-state index in [1.165, 1.54) is 24.8 Å². The van der Waals surface area contributed by atoms with E-state index in [9.17, 15) is 17.6 Å². The van der Waals surface area contributed by atoms with Crippen molar-refractivity contribution in [2.45, 2.75) is 62.6 Å². The van der Waals surface area contributed by atoms with E-state index in [-0.39, 0.29) is 40.5 Å². The first kappa shape index (κ1) is 26.0. The van der Waals surface area contributed by atoms with E-state index in [0.717, 1.165) is 31.6 Å². The SMILES string of the molecule is CC(C)(C)OC(=O)N1C[C@@H]2CC[C@H]1C[C@H]2Nc1ncnc2c(Nc3ccc(S(C)(=O)=O)cc3F)ncnc12. The van der Waals surface area contributed by atoms with E-state index in [0.29, 0.717) is 23.4 Å². The predicted molar refractivity (Wildman–Crippen MR) is 139 cm³/mol. The van der Waals surface area contributed by atoms with Crippen LogP contribution in [0.3, 0.4) is 0 Å². The summed E-state index contributed by atoms with van der Waals surface area (Å²) in [5.41, 5.74) is 0.351. The summed E-state index contributed by atoms with van der Waals surface area (Å²) in [5, 5.41) is 6.39. The van der Waals surface area contributed by atoms with Crippen molar-refractivity contribution in [2.24, 2.45) is 5.92 Å². The van der Waals surface area contributed by atoms with E-state index < -0.39 is 21.3 Å². The molecule has 2 aliphatic heterocycles. The summed E-state index contributed by atoms with van der Waals surface area (Å²) < 4.78 is 43.7. The van der Waals surface area contributed by atoms with Gasteiger partial charge in [-0.25, -0.2) is 37.5 Å². The highest BCUT2D eigenvalue weighted by Crippen LogP contribution is 2.38. The molecule has 38 heavy (non-hydrogen) atoms. The zero-order valence-electron chi connectivity index (χ0n) is 21.6. The monoisotopic (exact) mass is 543 g/mol. The Hall–Kier alpha value is -3.61. The van der Waals surface area contributed by atoms with Crippen molar-refractivity contribution < 1.29 is 22.3 Å². The van der Waals surface area contributed by atoms with Crippen LogP contribution in [0.2, 0.25) is 0 Å². The predicted octanol–water partition coefficient (Wildman–Crippen LogP) is 3.91. The number of nitrogens with zero attached hydrogens (tertiary/aromatic N) is 5. The van der Waals surface area contributed by atoms with Crippen molar-refractivity contribution in [3.63, 3.8) is 0 Å². The molecule has 0 spiro atoms. The quantitative estimate of drug-likeness (QED) is 0.487. The highest BCUT2D eigenvalue weighted by Gasteiger charge is 2.44. The van der Waals surface area contributed by atoms with Gasteiger partial charge in [-0.15, -0.1) is 0 Å². The lowest BCUT2D eigenvalue weighted by molar-refractivity contribution is -0.0151. The van der Waals surface area contributed by atoms with Gasteiger partial charge in [0.1, 0.15) is 35.1 Å². The minimum atomic E-state index is -3.54. The minimum Gasteiger partial charge on any atom is -0.444 e. The van der Waals surface area contributed by atoms with Gasteiger partial charge in [-0.1, -0.05) is 0 Å². The summed E-state index contributed by atoms with van der Waals surface area (Å²) in [7, 11) is -3.54. The van der Waals surface area contributed by atoms with Crippen molar-refractivity contribution in [1.29, 1.82) is 0 Å². The Kier molecular flexibility index (Phi) is 6.58. The number of carbonyl (C=O) groups excluding carboxylic acids is 1. The van der Waals surface area contributed by atoms with Crippen molar-refractivity contribution in [3.8, 4) is 0 Å². The first-order valence-corrected chi connectivity index (χ1v) is 14.3. The third-order valence-corrected chi connectivity index (χ3v) is 7.94. The zero-order chi connectivity index (χ0) is 27.2. The highest BCUT2D eigenvalue weighted by atomic mass is 32.2. The number of ether oxygens (including phenoxy) is 1. The Labute approximate surface area is 220 Å². The summed E-state index contributed by atoms with van der Waals surface area (Å²) in [6.45, 7) is 6.19. The Balaban J connectivity index is 1.36. The lowest BCUT2D eigenvalue weighted by atomic mass is 9.76. The Morgan fingerprint density at radius 2 is 1.76 bits per heavy atom. The summed E-state index contributed by atoms with van der Waals surface area (Å²) in [6, 6.07) is 3.78. The number of hydrogen-bond acceptors (Lipinski definition) is 10. The smallest absolute Gasteiger partial charge is 0.410 e. The molecule has 1 saturated carbocycles. The molecule has 0 unspecified atom stereocenters. The number of hydrogen-bond donors (Lipinski definition) is 2. The fourth-order valence-electron chi connectivity index (χ4n) is 5.04. The summed E-state index contributed by atoms with van der Waals surface area (Å²) in [5.74, 6) is 0.265. The molecule has 3 atom stereocenters. The molecule has 13 heteroatoms. The molecule has 3 aromatic rings. The average Bonchev–Trinajstić information content (AvgIpc) is 2.84. The van der Waals surface area contributed by atoms with Crippen molar-refractivity contribution in [2.75, 3.05) is 23.4 Å². The summed E-state index contributed by atoms with van der Waals surface area (Å²) >= 11 is 0. The van der Waals surface area contributed by atoms with Crippen molar-refractivity contribution in [3.05, 3.63) is 36.7 Å². The van der Waals surface area contributed by atoms with Gasteiger partial charge >= 0.3 is 6.09 Å². The number of aromatic nitrogens is 4. The normalized spacial score (nSPS) is 21.4. The molecule has 6 rings (SSSR count). The van der Waals surface area contributed by atoms with E-state index in [1.807, 2.05) is 25.7 Å². The van der Waals surface area contributed by atoms with Crippen LogP contribution in [0.5, 0.6) is 0 Å². The molecule has 1 amide bonds. The Morgan fingerprint density at radius 1 is 1.08 bits per heavy atom. The van der Waals surface area contributed by atoms with Crippen LogP contribution in [-0.4, -0.2) is 69.8 Å². The number of anilines is 3. The van der Waals surface area contributed by atoms with Crippen LogP contribution < -0.4 is 10.6 Å². The summed E-state index contributed by atoms with van der Waals surface area (Å²) in [6.07, 6.45) is 6.12. The van der Waals surface area contributed by atoms with Crippen molar-refractivity contribution in [1.82, 2.24) is 24.8 Å². The van der Waals surface area contributed by atoms with E-state index >= 15 is 0 Å². The molecule has 3 fully saturated rings. The van der Waals surface area contributed by atoms with Gasteiger partial charge in [0.25, 0.3) is 0 Å². The second-order valence-corrected chi connectivity index (χ2v) is 12.8. The zero-order valence-corrected chi connectivity index (χ0v) is 22.4. The standard InChI is InChI=1S/C25H30FN7O4S/c1-25(2,3)37-24(34)33-11-14-5-6-15(33)9-19(14)32-23-21-20(27-13-30-23)22(29-12-28-21)31-18-8-7-16(10-17(18)26)38(4,35)36/h7-8,10,12-15,19H,5-6,9,11H2,1-4H3,(H,27,30,32)(H,28,29,31)/t14-,15-,19+/m0/s1. The van der Waals surface area contributed by atoms with Crippen LogP contribution in [0.15, 0.2) is 35.7 Å². The Morgan fingerprint density at radius 3 is 2.37 bits per heavy atom. The topological polar surface area (TPSA) is 139 Å². The molecule has 202 valence electrons. The molecule has 2 N–H and O–H groups in total. The maximum Gasteiger partial charge on any atom is 0.410 e. The first-order chi connectivity index (χ1) is 17.9. The van der Waals surface area contributed by atoms with Crippen LogP contribution in [0.1, 0.15) is 40.0 Å². The fraction of sp³-hybridized carbons (Fsp3) is 0.480. The number of rotatable bonds is 5. The maximum atomic E-state index is 14.7. The van der Waals surface area contributed by atoms with Gasteiger partial charge in [-0.05, 0) is 64.2 Å². The number of nitrogens with one attached hydrogen (secondary N) is 2. The molecule has 2 saturated heterocycles. The first-order valence-electron chi connectivity index (χ1n) is 12.4. The van der Waals surface area contributed by atoms with Crippen LogP contribution in [0.4, 0.5) is 26.5 Å². The van der Waals surface area contributed by atoms with Gasteiger partial charge in [0.2, 0.25) is 0 Å². The molecule has 1 aliphatic carbocycles. The number of piperidine rings is 2. The molecular formula is C25H30FN7O4S. The van der Waals surface area contributed by atoms with E-state index in [2.05, 4.69) is 30.6 Å². The molecule has 3 aliphatic rings. The number of sulfone groups is 1. The molecule has 2 bridgehead atoms. The molecular weight excluding hydrogens is 513 g/mol. The third kappa shape index (κ3) is 5.33. The second-order valence-electron chi connectivity index (χ2n) is 10.8. The van der Waals surface area contributed by atoms with Crippen LogP contribution in [0.25, 0.3) is 11.0 Å². The van der Waals surface area contributed by atoms with Crippen LogP contribution >= 0.6 is 0 Å². The molecule has 1 aromatic carbocycles. The largest absolute Gasteiger partial charge is 0.444 e. The number of benzene rings is 1. The molecule has 2 aromatic heterocycles. The molecule has 0 radical (unpaired) electrons. The van der Waals surface area contributed by atoms with Gasteiger partial charge in [0.15, 0.2) is 21.5 Å². The van der Waals surface area contributed by atoms with Gasteiger partial charge < -0.3 is 20.3 Å². The van der Waals surface area contributed by atoms with Crippen LogP contribution in [-0.2, 0) is 14.6 Å². The maximum absolute atomic E-state index is 14.7. The second kappa shape index (κ2) is 9.61. The lowest BCUT2D eigenvalue weighted by Crippen LogP contribution is -2.58.